The number of benzene rings is 1. The fraction of sp³-hybridized carbons (Fsp3) is 0.389. The number of non-ortho nitro benzene ring substituents is 1. The summed E-state index contributed by atoms with van der Waals surface area (Å²) in [6.07, 6.45) is 5.10. The van der Waals surface area contributed by atoms with Crippen molar-refractivity contribution >= 4 is 29.1 Å². The van der Waals surface area contributed by atoms with Gasteiger partial charge in [-0.1, -0.05) is 25.4 Å². The van der Waals surface area contributed by atoms with Crippen LogP contribution >= 0.6 is 11.6 Å². The van der Waals surface area contributed by atoms with Crippen molar-refractivity contribution in [3.8, 4) is 0 Å². The van der Waals surface area contributed by atoms with E-state index in [1.807, 2.05) is 25.3 Å². The molecule has 0 bridgehead atoms. The third kappa shape index (κ3) is 5.53. The van der Waals surface area contributed by atoms with Gasteiger partial charge in [0, 0.05) is 37.1 Å². The van der Waals surface area contributed by atoms with Gasteiger partial charge in [-0.15, -0.1) is 0 Å². The third-order valence-corrected chi connectivity index (χ3v) is 4.39. The van der Waals surface area contributed by atoms with Gasteiger partial charge in [0.1, 0.15) is 6.04 Å². The molecule has 0 aliphatic rings. The quantitative estimate of drug-likeness (QED) is 0.514. The fourth-order valence-corrected chi connectivity index (χ4v) is 2.91. The zero-order valence-corrected chi connectivity index (χ0v) is 16.5. The van der Waals surface area contributed by atoms with E-state index < -0.39 is 16.9 Å². The lowest BCUT2D eigenvalue weighted by molar-refractivity contribution is -0.384. The number of nitro groups is 1. The number of carbonyl (C=O) groups excluding carboxylic acids is 2. The molecule has 150 valence electrons. The van der Waals surface area contributed by atoms with Crippen LogP contribution in [0, 0.1) is 16.0 Å². The Morgan fingerprint density at radius 2 is 2.00 bits per heavy atom. The van der Waals surface area contributed by atoms with Crippen LogP contribution in [-0.4, -0.2) is 38.4 Å². The number of aromatic nitrogens is 2. The number of carbonyl (C=O) groups is 2. The molecule has 1 aromatic heterocycles. The average molecular weight is 408 g/mol. The number of amides is 2. The molecule has 0 aliphatic carbocycles. The zero-order chi connectivity index (χ0) is 20.8. The number of hydrogen-bond donors (Lipinski definition) is 2. The Morgan fingerprint density at radius 1 is 1.29 bits per heavy atom. The summed E-state index contributed by atoms with van der Waals surface area (Å²) in [6.45, 7) is 6.01. The first-order valence-corrected chi connectivity index (χ1v) is 9.07. The average Bonchev–Trinajstić information content (AvgIpc) is 3.11. The summed E-state index contributed by atoms with van der Waals surface area (Å²) in [5, 5.41) is 16.3. The summed E-state index contributed by atoms with van der Waals surface area (Å²) in [5.41, 5.74) is -0.148. The molecule has 2 aromatic rings. The molecule has 0 radical (unpaired) electrons. The minimum absolute atomic E-state index is 0.0527. The molecule has 10 heteroatoms. The van der Waals surface area contributed by atoms with Crippen molar-refractivity contribution in [3.05, 3.63) is 57.6 Å². The van der Waals surface area contributed by atoms with Crippen molar-refractivity contribution in [2.45, 2.75) is 39.4 Å². The lowest BCUT2D eigenvalue weighted by Crippen LogP contribution is -2.52. The van der Waals surface area contributed by atoms with Crippen molar-refractivity contribution in [2.75, 3.05) is 0 Å². The van der Waals surface area contributed by atoms with Crippen LogP contribution in [0.25, 0.3) is 0 Å². The van der Waals surface area contributed by atoms with Crippen LogP contribution in [0.15, 0.2) is 36.9 Å². The summed E-state index contributed by atoms with van der Waals surface area (Å²) < 4.78 is 1.84. The standard InChI is InChI=1S/C18H22ClN5O4/c1-11(2)16(18(26)21-12(3)9-23-7-6-20-10-23)22-17(25)14-5-4-13(24(27)28)8-15(14)19/h4-8,10-12,16H,9H2,1-3H3,(H,21,26)(H,22,25)/t12-,16+/m1/s1. The highest BCUT2D eigenvalue weighted by Crippen LogP contribution is 2.22. The molecule has 2 amide bonds. The van der Waals surface area contributed by atoms with Crippen molar-refractivity contribution in [1.82, 2.24) is 20.2 Å². The van der Waals surface area contributed by atoms with Crippen LogP contribution in [0.3, 0.4) is 0 Å². The summed E-state index contributed by atoms with van der Waals surface area (Å²) in [7, 11) is 0. The second-order valence-electron chi connectivity index (χ2n) is 6.79. The monoisotopic (exact) mass is 407 g/mol. The van der Waals surface area contributed by atoms with Gasteiger partial charge in [-0.3, -0.25) is 19.7 Å². The molecule has 2 atom stereocenters. The minimum atomic E-state index is -0.788. The predicted molar refractivity (Wildman–Crippen MR) is 104 cm³/mol. The first-order chi connectivity index (χ1) is 13.2. The fourth-order valence-electron chi connectivity index (χ4n) is 2.64. The van der Waals surface area contributed by atoms with Gasteiger partial charge in [0.15, 0.2) is 0 Å². The van der Waals surface area contributed by atoms with Gasteiger partial charge >= 0.3 is 0 Å². The Kier molecular flexibility index (Phi) is 7.11. The molecule has 28 heavy (non-hydrogen) atoms. The van der Waals surface area contributed by atoms with E-state index in [9.17, 15) is 19.7 Å². The number of nitro benzene ring substituents is 1. The topological polar surface area (TPSA) is 119 Å². The Hall–Kier alpha value is -2.94. The van der Waals surface area contributed by atoms with Gasteiger partial charge in [0.2, 0.25) is 5.91 Å². The number of halogens is 1. The van der Waals surface area contributed by atoms with Crippen molar-refractivity contribution in [2.24, 2.45) is 5.92 Å². The molecule has 2 rings (SSSR count). The van der Waals surface area contributed by atoms with Crippen LogP contribution < -0.4 is 10.6 Å². The Balaban J connectivity index is 2.06. The highest BCUT2D eigenvalue weighted by Gasteiger charge is 2.27. The Bertz CT molecular complexity index is 854. The van der Waals surface area contributed by atoms with E-state index in [0.717, 1.165) is 6.07 Å². The number of nitrogens with zero attached hydrogens (tertiary/aromatic N) is 3. The van der Waals surface area contributed by atoms with Gasteiger partial charge in [-0.25, -0.2) is 4.98 Å². The highest BCUT2D eigenvalue weighted by atomic mass is 35.5. The predicted octanol–water partition coefficient (Wildman–Crippen LogP) is 2.40. The van der Waals surface area contributed by atoms with Gasteiger partial charge in [-0.2, -0.15) is 0 Å². The van der Waals surface area contributed by atoms with E-state index in [-0.39, 0.29) is 34.1 Å². The van der Waals surface area contributed by atoms with Crippen LogP contribution in [0.2, 0.25) is 5.02 Å². The number of imidazole rings is 1. The molecule has 0 aliphatic heterocycles. The first-order valence-electron chi connectivity index (χ1n) is 8.70. The third-order valence-electron chi connectivity index (χ3n) is 4.08. The minimum Gasteiger partial charge on any atom is -0.350 e. The van der Waals surface area contributed by atoms with Crippen molar-refractivity contribution in [1.29, 1.82) is 0 Å². The number of hydrogen-bond acceptors (Lipinski definition) is 5. The molecule has 0 spiro atoms. The normalized spacial score (nSPS) is 13.0. The second kappa shape index (κ2) is 9.32. The van der Waals surface area contributed by atoms with E-state index >= 15 is 0 Å². The molecule has 1 heterocycles. The molecule has 0 saturated heterocycles. The lowest BCUT2D eigenvalue weighted by Gasteiger charge is -2.24. The van der Waals surface area contributed by atoms with Crippen molar-refractivity contribution < 1.29 is 14.5 Å². The molecule has 0 unspecified atom stereocenters. The van der Waals surface area contributed by atoms with Gasteiger partial charge < -0.3 is 15.2 Å². The summed E-state index contributed by atoms with van der Waals surface area (Å²) in [4.78, 5) is 39.3. The van der Waals surface area contributed by atoms with E-state index in [2.05, 4.69) is 15.6 Å². The van der Waals surface area contributed by atoms with Crippen LogP contribution in [0.5, 0.6) is 0 Å². The Labute approximate surface area is 167 Å². The van der Waals surface area contributed by atoms with Gasteiger partial charge in [0.25, 0.3) is 11.6 Å². The number of nitrogens with one attached hydrogen (secondary N) is 2. The van der Waals surface area contributed by atoms with Crippen LogP contribution in [-0.2, 0) is 11.3 Å². The second-order valence-corrected chi connectivity index (χ2v) is 7.19. The molecule has 0 fully saturated rings. The van der Waals surface area contributed by atoms with E-state index in [1.165, 1.54) is 12.1 Å². The first kappa shape index (κ1) is 21.4. The maximum atomic E-state index is 12.6. The maximum absolute atomic E-state index is 12.6. The summed E-state index contributed by atoms with van der Waals surface area (Å²) in [6, 6.07) is 2.60. The van der Waals surface area contributed by atoms with Crippen LogP contribution in [0.4, 0.5) is 5.69 Å². The smallest absolute Gasteiger partial charge is 0.270 e. The molecule has 9 nitrogen and oxygen atoms in total. The van der Waals surface area contributed by atoms with Crippen LogP contribution in [0.1, 0.15) is 31.1 Å². The summed E-state index contributed by atoms with van der Waals surface area (Å²) in [5.74, 6) is -1.08. The molecular formula is C18H22ClN5O4. The largest absolute Gasteiger partial charge is 0.350 e. The Morgan fingerprint density at radius 3 is 2.54 bits per heavy atom. The molecule has 1 aromatic carbocycles. The number of rotatable bonds is 8. The van der Waals surface area contributed by atoms with Crippen molar-refractivity contribution in [3.63, 3.8) is 0 Å². The van der Waals surface area contributed by atoms with Gasteiger partial charge in [-0.05, 0) is 18.9 Å². The maximum Gasteiger partial charge on any atom is 0.270 e. The lowest BCUT2D eigenvalue weighted by atomic mass is 10.0. The van der Waals surface area contributed by atoms with E-state index in [1.54, 1.807) is 18.7 Å². The molecule has 0 saturated carbocycles. The van der Waals surface area contributed by atoms with E-state index in [0.29, 0.717) is 6.54 Å². The SMILES string of the molecule is CC(C)[C@H](NC(=O)c1ccc([N+](=O)[O-])cc1Cl)C(=O)N[C@H](C)Cn1ccnc1. The molecular weight excluding hydrogens is 386 g/mol. The van der Waals surface area contributed by atoms with Gasteiger partial charge in [0.05, 0.1) is 21.8 Å². The highest BCUT2D eigenvalue weighted by molar-refractivity contribution is 6.34. The van der Waals surface area contributed by atoms with E-state index in [4.69, 9.17) is 11.6 Å². The summed E-state index contributed by atoms with van der Waals surface area (Å²) >= 11 is 6.00. The molecule has 2 N–H and O–H groups in total. The zero-order valence-electron chi connectivity index (χ0n) is 15.8.